The van der Waals surface area contributed by atoms with Crippen LogP contribution in [-0.4, -0.2) is 39.4 Å². The minimum Gasteiger partial charge on any atom is -0.417 e. The molecule has 152 valence electrons. The van der Waals surface area contributed by atoms with Crippen LogP contribution >= 0.6 is 0 Å². The van der Waals surface area contributed by atoms with Crippen LogP contribution in [0.5, 0.6) is 0 Å². The number of rotatable bonds is 4. The lowest BCUT2D eigenvalue weighted by molar-refractivity contribution is 0.220. The Hall–Kier alpha value is -2.79. The topological polar surface area (TPSA) is 102 Å². The first-order valence-electron chi connectivity index (χ1n) is 8.95. The fraction of sp³-hybridized carbons (Fsp3) is 0.333. The molecule has 3 aromatic rings. The highest BCUT2D eigenvalue weighted by Gasteiger charge is 2.38. The monoisotopic (exact) mass is 421 g/mol. The number of piperidine rings is 1. The van der Waals surface area contributed by atoms with Crippen molar-refractivity contribution in [2.45, 2.75) is 37.1 Å². The molecule has 0 amide bonds. The van der Waals surface area contributed by atoms with E-state index in [1.807, 2.05) is 0 Å². The van der Waals surface area contributed by atoms with Gasteiger partial charge in [0.15, 0.2) is 11.6 Å². The van der Waals surface area contributed by atoms with Crippen LogP contribution < -0.4 is 0 Å². The van der Waals surface area contributed by atoms with E-state index in [2.05, 4.69) is 20.2 Å². The molecular weight excluding hydrogens is 404 g/mol. The number of halogens is 2. The van der Waals surface area contributed by atoms with E-state index in [1.165, 1.54) is 10.5 Å². The van der Waals surface area contributed by atoms with Crippen molar-refractivity contribution in [2.75, 3.05) is 6.54 Å². The van der Waals surface area contributed by atoms with Crippen LogP contribution in [0.1, 0.15) is 36.9 Å². The molecular formula is C18H17F2N5O3S. The maximum atomic E-state index is 13.6. The van der Waals surface area contributed by atoms with Gasteiger partial charge in [-0.2, -0.15) is 4.31 Å². The molecule has 0 saturated carbocycles. The minimum absolute atomic E-state index is 0.119. The maximum Gasteiger partial charge on any atom is 0.267 e. The Morgan fingerprint density at radius 2 is 1.93 bits per heavy atom. The Kier molecular flexibility index (Phi) is 5.09. The van der Waals surface area contributed by atoms with Gasteiger partial charge in [0.05, 0.1) is 16.8 Å². The third-order valence-corrected chi connectivity index (χ3v) is 6.58. The van der Waals surface area contributed by atoms with Gasteiger partial charge in [0.2, 0.25) is 15.9 Å². The number of aromatic nitrogens is 4. The number of nitrogens with zero attached hydrogens (tertiary/aromatic N) is 5. The van der Waals surface area contributed by atoms with Crippen LogP contribution in [0.15, 0.2) is 39.9 Å². The number of aryl methyl sites for hydroxylation is 1. The molecule has 29 heavy (non-hydrogen) atoms. The molecule has 11 heteroatoms. The zero-order chi connectivity index (χ0) is 20.6. The number of hydrogen-bond donors (Lipinski definition) is 0. The molecule has 1 aromatic carbocycles. The van der Waals surface area contributed by atoms with Crippen molar-refractivity contribution in [3.8, 4) is 11.6 Å². The summed E-state index contributed by atoms with van der Waals surface area (Å²) in [6, 6.07) is 1.81. The molecule has 0 N–H and O–H groups in total. The van der Waals surface area contributed by atoms with E-state index < -0.39 is 27.7 Å². The predicted octanol–water partition coefficient (Wildman–Crippen LogP) is 3.03. The summed E-state index contributed by atoms with van der Waals surface area (Å²) >= 11 is 0. The van der Waals surface area contributed by atoms with E-state index in [9.17, 15) is 17.2 Å². The molecule has 0 bridgehead atoms. The average molecular weight is 421 g/mol. The first kappa shape index (κ1) is 19.5. The highest BCUT2D eigenvalue weighted by atomic mass is 32.2. The van der Waals surface area contributed by atoms with Crippen LogP contribution in [0.4, 0.5) is 8.78 Å². The fourth-order valence-corrected chi connectivity index (χ4v) is 4.85. The Labute approximate surface area is 165 Å². The number of sulfonamides is 1. The Balaban J connectivity index is 1.67. The van der Waals surface area contributed by atoms with E-state index in [1.54, 1.807) is 13.1 Å². The number of benzene rings is 1. The van der Waals surface area contributed by atoms with Crippen molar-refractivity contribution >= 4 is 10.0 Å². The quantitative estimate of drug-likeness (QED) is 0.638. The molecule has 1 aliphatic rings. The van der Waals surface area contributed by atoms with E-state index in [-0.39, 0.29) is 23.2 Å². The molecule has 2 aromatic heterocycles. The zero-order valence-electron chi connectivity index (χ0n) is 15.4. The summed E-state index contributed by atoms with van der Waals surface area (Å²) in [6.45, 7) is 1.99. The second-order valence-corrected chi connectivity index (χ2v) is 8.58. The highest BCUT2D eigenvalue weighted by molar-refractivity contribution is 7.89. The summed E-state index contributed by atoms with van der Waals surface area (Å²) in [6.07, 6.45) is 4.90. The van der Waals surface area contributed by atoms with Gasteiger partial charge < -0.3 is 4.42 Å². The lowest BCUT2D eigenvalue weighted by atomic mass is 10.1. The van der Waals surface area contributed by atoms with Gasteiger partial charge in [-0.1, -0.05) is 6.42 Å². The van der Waals surface area contributed by atoms with Crippen LogP contribution in [0.2, 0.25) is 0 Å². The van der Waals surface area contributed by atoms with Gasteiger partial charge in [-0.15, -0.1) is 10.2 Å². The molecule has 1 atom stereocenters. The van der Waals surface area contributed by atoms with Crippen LogP contribution in [0.25, 0.3) is 11.6 Å². The van der Waals surface area contributed by atoms with Gasteiger partial charge in [0.1, 0.15) is 11.7 Å². The van der Waals surface area contributed by atoms with Crippen LogP contribution in [0, 0.1) is 18.6 Å². The smallest absolute Gasteiger partial charge is 0.267 e. The first-order valence-corrected chi connectivity index (χ1v) is 10.4. The van der Waals surface area contributed by atoms with Crippen molar-refractivity contribution in [1.82, 2.24) is 24.5 Å². The van der Waals surface area contributed by atoms with E-state index >= 15 is 0 Å². The first-order chi connectivity index (χ1) is 13.9. The molecule has 3 heterocycles. The van der Waals surface area contributed by atoms with Gasteiger partial charge in [0.25, 0.3) is 5.89 Å². The average Bonchev–Trinajstić information content (AvgIpc) is 3.20. The van der Waals surface area contributed by atoms with Crippen LogP contribution in [0.3, 0.4) is 0 Å². The van der Waals surface area contributed by atoms with Crippen LogP contribution in [-0.2, 0) is 10.0 Å². The Morgan fingerprint density at radius 1 is 1.10 bits per heavy atom. The summed E-state index contributed by atoms with van der Waals surface area (Å²) in [5.41, 5.74) is 1.10. The zero-order valence-corrected chi connectivity index (χ0v) is 16.2. The Morgan fingerprint density at radius 3 is 2.66 bits per heavy atom. The maximum absolute atomic E-state index is 13.6. The normalized spacial score (nSPS) is 18.1. The molecule has 1 saturated heterocycles. The Bertz CT molecular complexity index is 1130. The third kappa shape index (κ3) is 3.75. The van der Waals surface area contributed by atoms with E-state index in [0.29, 0.717) is 24.6 Å². The second kappa shape index (κ2) is 7.56. The summed E-state index contributed by atoms with van der Waals surface area (Å²) in [4.78, 5) is 7.97. The molecule has 0 aliphatic carbocycles. The minimum atomic E-state index is -4.09. The molecule has 0 spiro atoms. The van der Waals surface area contributed by atoms with Gasteiger partial charge in [0, 0.05) is 12.7 Å². The predicted molar refractivity (Wildman–Crippen MR) is 96.9 cm³/mol. The summed E-state index contributed by atoms with van der Waals surface area (Å²) < 4.78 is 59.9. The molecule has 0 unspecified atom stereocenters. The summed E-state index contributed by atoms with van der Waals surface area (Å²) in [5.74, 6) is -2.09. The molecule has 8 nitrogen and oxygen atoms in total. The molecule has 4 rings (SSSR count). The lowest BCUT2D eigenvalue weighted by Crippen LogP contribution is -2.38. The lowest BCUT2D eigenvalue weighted by Gasteiger charge is -2.32. The molecule has 0 radical (unpaired) electrons. The van der Waals surface area contributed by atoms with Crippen molar-refractivity contribution in [1.29, 1.82) is 0 Å². The van der Waals surface area contributed by atoms with Gasteiger partial charge in [-0.3, -0.25) is 4.98 Å². The number of hydrogen-bond acceptors (Lipinski definition) is 7. The van der Waals surface area contributed by atoms with Gasteiger partial charge >= 0.3 is 0 Å². The third-order valence-electron chi connectivity index (χ3n) is 4.68. The van der Waals surface area contributed by atoms with E-state index in [0.717, 1.165) is 24.2 Å². The second-order valence-electron chi connectivity index (χ2n) is 6.69. The van der Waals surface area contributed by atoms with Crippen molar-refractivity contribution in [3.05, 3.63) is 53.8 Å². The van der Waals surface area contributed by atoms with Gasteiger partial charge in [-0.25, -0.2) is 22.2 Å². The van der Waals surface area contributed by atoms with Crippen molar-refractivity contribution in [2.24, 2.45) is 0 Å². The molecule has 1 fully saturated rings. The van der Waals surface area contributed by atoms with Crippen molar-refractivity contribution < 1.29 is 21.6 Å². The molecule has 1 aliphatic heterocycles. The standard InChI is InChI=1S/C18H17F2N5O3S/c1-11-9-22-15(10-21-11)17-23-24-18(28-17)16-4-2-3-7-25(16)29(26,27)12-5-6-13(19)14(20)8-12/h5-6,8-10,16H,2-4,7H2,1H3/t16-/m1/s1. The largest absolute Gasteiger partial charge is 0.417 e. The summed E-state index contributed by atoms with van der Waals surface area (Å²) in [7, 11) is -4.09. The SMILES string of the molecule is Cc1cnc(-c2nnc([C@H]3CCCCN3S(=O)(=O)c3ccc(F)c(F)c3)o2)cn1. The van der Waals surface area contributed by atoms with E-state index in [4.69, 9.17) is 4.42 Å². The fourth-order valence-electron chi connectivity index (χ4n) is 3.19. The highest BCUT2D eigenvalue weighted by Crippen LogP contribution is 2.35. The van der Waals surface area contributed by atoms with Gasteiger partial charge in [-0.05, 0) is 38.0 Å². The van der Waals surface area contributed by atoms with Crippen molar-refractivity contribution in [3.63, 3.8) is 0 Å². The summed E-state index contributed by atoms with van der Waals surface area (Å²) in [5, 5.41) is 7.96.